The Morgan fingerprint density at radius 2 is 2.00 bits per heavy atom. The van der Waals surface area contributed by atoms with Crippen LogP contribution in [0.1, 0.15) is 35.3 Å². The summed E-state index contributed by atoms with van der Waals surface area (Å²) >= 11 is 0. The Kier molecular flexibility index (Phi) is 1.50. The molecule has 0 N–H and O–H groups in total. The predicted molar refractivity (Wildman–Crippen MR) is 49.9 cm³/mol. The van der Waals surface area contributed by atoms with E-state index in [-0.39, 0.29) is 11.4 Å². The molecule has 0 bridgehead atoms. The van der Waals surface area contributed by atoms with Crippen molar-refractivity contribution in [1.29, 1.82) is 0 Å². The number of hydrogen-bond donors (Lipinski definition) is 0. The molecule has 2 heteroatoms. The van der Waals surface area contributed by atoms with Gasteiger partial charge in [-0.3, -0.25) is 0 Å². The minimum Gasteiger partial charge on any atom is -0.465 e. The maximum absolute atomic E-state index is 11.2. The summed E-state index contributed by atoms with van der Waals surface area (Å²) in [5.74, 6) is -0.259. The number of carbonyl (C=O) groups excluding carboxylic acids is 1. The molecule has 0 amide bonds. The summed E-state index contributed by atoms with van der Waals surface area (Å²) in [7, 11) is 1.40. The quantitative estimate of drug-likeness (QED) is 0.612. The van der Waals surface area contributed by atoms with Crippen molar-refractivity contribution in [3.05, 3.63) is 34.9 Å². The van der Waals surface area contributed by atoms with Crippen molar-refractivity contribution in [2.24, 2.45) is 0 Å². The summed E-state index contributed by atoms with van der Waals surface area (Å²) in [6.45, 7) is 4.30. The van der Waals surface area contributed by atoms with E-state index in [0.717, 1.165) is 0 Å². The van der Waals surface area contributed by atoms with Gasteiger partial charge in [0.2, 0.25) is 0 Å². The highest BCUT2D eigenvalue weighted by molar-refractivity contribution is 5.90. The van der Waals surface area contributed by atoms with Crippen molar-refractivity contribution in [1.82, 2.24) is 0 Å². The molecule has 0 atom stereocenters. The molecule has 0 radical (unpaired) electrons. The lowest BCUT2D eigenvalue weighted by Crippen LogP contribution is -1.99. The number of carbonyl (C=O) groups is 1. The fourth-order valence-electron chi connectivity index (χ4n) is 1.71. The van der Waals surface area contributed by atoms with Gasteiger partial charge < -0.3 is 4.74 Å². The van der Waals surface area contributed by atoms with Crippen LogP contribution in [-0.4, -0.2) is 13.1 Å². The largest absolute Gasteiger partial charge is 0.465 e. The van der Waals surface area contributed by atoms with Gasteiger partial charge in [0, 0.05) is 5.41 Å². The van der Waals surface area contributed by atoms with Gasteiger partial charge in [0.25, 0.3) is 0 Å². The Labute approximate surface area is 77.5 Å². The Morgan fingerprint density at radius 3 is 2.54 bits per heavy atom. The summed E-state index contributed by atoms with van der Waals surface area (Å²) in [5.41, 5.74) is 3.41. The molecule has 0 unspecified atom stereocenters. The van der Waals surface area contributed by atoms with Crippen LogP contribution in [-0.2, 0) is 10.2 Å². The number of methoxy groups -OCH3 is 1. The van der Waals surface area contributed by atoms with Crippen LogP contribution in [0.2, 0.25) is 0 Å². The lowest BCUT2D eigenvalue weighted by molar-refractivity contribution is 0.0601. The minimum atomic E-state index is -0.259. The van der Waals surface area contributed by atoms with Crippen LogP contribution in [0.25, 0.3) is 0 Å². The van der Waals surface area contributed by atoms with Crippen LogP contribution in [0.15, 0.2) is 18.2 Å². The standard InChI is InChI=1S/C11H12O2/c1-11(2)8-5-4-7(6-9(8)11)10(12)13-3/h4-6H,1-3H3. The van der Waals surface area contributed by atoms with E-state index in [1.807, 2.05) is 18.2 Å². The smallest absolute Gasteiger partial charge is 0.337 e. The zero-order valence-corrected chi connectivity index (χ0v) is 8.05. The summed E-state index contributed by atoms with van der Waals surface area (Å²) in [4.78, 5) is 11.2. The van der Waals surface area contributed by atoms with Crippen LogP contribution in [0.3, 0.4) is 0 Å². The number of fused-ring (bicyclic) bond motifs is 1. The van der Waals surface area contributed by atoms with Crippen LogP contribution in [0, 0.1) is 0 Å². The molecule has 1 aromatic rings. The molecule has 68 valence electrons. The van der Waals surface area contributed by atoms with Crippen LogP contribution in [0.5, 0.6) is 0 Å². The molecule has 0 saturated carbocycles. The van der Waals surface area contributed by atoms with E-state index in [2.05, 4.69) is 18.6 Å². The molecule has 1 aliphatic rings. The van der Waals surface area contributed by atoms with Crippen LogP contribution >= 0.6 is 0 Å². The van der Waals surface area contributed by atoms with E-state index in [1.165, 1.54) is 18.2 Å². The molecule has 0 heterocycles. The maximum Gasteiger partial charge on any atom is 0.337 e. The fraction of sp³-hybridized carbons (Fsp3) is 0.364. The second kappa shape index (κ2) is 2.34. The monoisotopic (exact) mass is 176 g/mol. The zero-order chi connectivity index (χ0) is 9.64. The van der Waals surface area contributed by atoms with Gasteiger partial charge in [0.1, 0.15) is 0 Å². The third-order valence-corrected chi connectivity index (χ3v) is 2.72. The van der Waals surface area contributed by atoms with Crippen molar-refractivity contribution in [3.63, 3.8) is 0 Å². The first kappa shape index (κ1) is 8.30. The van der Waals surface area contributed by atoms with Gasteiger partial charge in [-0.15, -0.1) is 0 Å². The number of hydrogen-bond acceptors (Lipinski definition) is 2. The molecule has 2 nitrogen and oxygen atoms in total. The average molecular weight is 176 g/mol. The molecule has 1 aliphatic carbocycles. The molecular formula is C11H12O2. The normalized spacial score (nSPS) is 16.2. The average Bonchev–Trinajstić information content (AvgIpc) is 2.68. The van der Waals surface area contributed by atoms with E-state index in [1.54, 1.807) is 0 Å². The highest BCUT2D eigenvalue weighted by atomic mass is 16.5. The first-order valence-electron chi connectivity index (χ1n) is 4.30. The van der Waals surface area contributed by atoms with Gasteiger partial charge in [-0.2, -0.15) is 0 Å². The van der Waals surface area contributed by atoms with Crippen LogP contribution < -0.4 is 0 Å². The van der Waals surface area contributed by atoms with Gasteiger partial charge in [0.05, 0.1) is 12.7 Å². The van der Waals surface area contributed by atoms with Crippen molar-refractivity contribution in [2.45, 2.75) is 19.3 Å². The lowest BCUT2D eigenvalue weighted by Gasteiger charge is -1.96. The summed E-state index contributed by atoms with van der Waals surface area (Å²) < 4.78 is 4.64. The van der Waals surface area contributed by atoms with E-state index >= 15 is 0 Å². The van der Waals surface area contributed by atoms with E-state index in [4.69, 9.17) is 0 Å². The van der Waals surface area contributed by atoms with Gasteiger partial charge >= 0.3 is 5.97 Å². The van der Waals surface area contributed by atoms with E-state index < -0.39 is 0 Å². The third-order valence-electron chi connectivity index (χ3n) is 2.72. The predicted octanol–water partition coefficient (Wildman–Crippen LogP) is 2.11. The molecular weight excluding hydrogens is 164 g/mol. The molecule has 13 heavy (non-hydrogen) atoms. The first-order valence-corrected chi connectivity index (χ1v) is 4.30. The first-order chi connectivity index (χ1) is 6.07. The van der Waals surface area contributed by atoms with E-state index in [0.29, 0.717) is 5.56 Å². The molecule has 0 saturated heterocycles. The van der Waals surface area contributed by atoms with Crippen LogP contribution in [0.4, 0.5) is 0 Å². The molecule has 2 rings (SSSR count). The Morgan fingerprint density at radius 1 is 1.31 bits per heavy atom. The van der Waals surface area contributed by atoms with Gasteiger partial charge in [-0.1, -0.05) is 19.9 Å². The molecule has 1 aromatic carbocycles. The van der Waals surface area contributed by atoms with Gasteiger partial charge in [-0.05, 0) is 23.3 Å². The van der Waals surface area contributed by atoms with Gasteiger partial charge in [0.15, 0.2) is 0 Å². The molecule has 0 fully saturated rings. The number of benzene rings is 1. The SMILES string of the molecule is COC(=O)c1ccc2c(c1)C2(C)C. The molecule has 0 aromatic heterocycles. The number of esters is 1. The van der Waals surface area contributed by atoms with Crippen molar-refractivity contribution < 1.29 is 9.53 Å². The lowest BCUT2D eigenvalue weighted by atomic mass is 10.1. The topological polar surface area (TPSA) is 26.3 Å². The van der Waals surface area contributed by atoms with Crippen molar-refractivity contribution >= 4 is 5.97 Å². The number of rotatable bonds is 1. The summed E-state index contributed by atoms with van der Waals surface area (Å²) in [6.07, 6.45) is 0. The zero-order valence-electron chi connectivity index (χ0n) is 8.05. The highest BCUT2D eigenvalue weighted by Gasteiger charge is 2.41. The number of ether oxygens (including phenoxy) is 1. The van der Waals surface area contributed by atoms with Crippen molar-refractivity contribution in [3.8, 4) is 0 Å². The second-order valence-electron chi connectivity index (χ2n) is 3.88. The summed E-state index contributed by atoms with van der Waals surface area (Å²) in [6, 6.07) is 5.74. The summed E-state index contributed by atoms with van der Waals surface area (Å²) in [5, 5.41) is 0. The Bertz CT molecular complexity index is 378. The Balaban J connectivity index is 2.37. The van der Waals surface area contributed by atoms with Crippen molar-refractivity contribution in [2.75, 3.05) is 7.11 Å². The van der Waals surface area contributed by atoms with E-state index in [9.17, 15) is 4.79 Å². The van der Waals surface area contributed by atoms with Gasteiger partial charge in [-0.25, -0.2) is 4.79 Å². The highest BCUT2D eigenvalue weighted by Crippen LogP contribution is 2.49. The minimum absolute atomic E-state index is 0.173. The third kappa shape index (κ3) is 1.05. The fourth-order valence-corrected chi connectivity index (χ4v) is 1.71. The Hall–Kier alpha value is -1.31. The second-order valence-corrected chi connectivity index (χ2v) is 3.88. The molecule has 0 aliphatic heterocycles. The molecule has 0 spiro atoms. The maximum atomic E-state index is 11.2.